The lowest BCUT2D eigenvalue weighted by Crippen LogP contribution is -2.40. The number of carbonyl (C=O) groups is 2. The summed E-state index contributed by atoms with van der Waals surface area (Å²) in [5, 5.41) is 0. The minimum absolute atomic E-state index is 0.0561. The summed E-state index contributed by atoms with van der Waals surface area (Å²) in [5.74, 6) is -0.330. The molecular weight excluding hydrogens is 256 g/mol. The summed E-state index contributed by atoms with van der Waals surface area (Å²) in [6.07, 6.45) is 1.92. The molecule has 4 heteroatoms. The molecule has 0 unspecified atom stereocenters. The third kappa shape index (κ3) is 6.92. The predicted octanol–water partition coefficient (Wildman–Crippen LogP) is 3.48. The van der Waals surface area contributed by atoms with Gasteiger partial charge in [-0.05, 0) is 10.8 Å². The first kappa shape index (κ1) is 17.0. The van der Waals surface area contributed by atoms with Crippen LogP contribution in [0.15, 0.2) is 0 Å². The van der Waals surface area contributed by atoms with Gasteiger partial charge in [0.1, 0.15) is 12.2 Å². The molecule has 0 bridgehead atoms. The van der Waals surface area contributed by atoms with Gasteiger partial charge >= 0.3 is 11.9 Å². The van der Waals surface area contributed by atoms with E-state index >= 15 is 0 Å². The fourth-order valence-electron chi connectivity index (χ4n) is 2.03. The molecule has 0 aliphatic heterocycles. The SMILES string of the molecule is CC(C)(C)CC(=O)OC1CC(OC(=O)CC(C)(C)C)C1. The summed E-state index contributed by atoms with van der Waals surface area (Å²) >= 11 is 0. The van der Waals surface area contributed by atoms with Crippen LogP contribution in [0.5, 0.6) is 0 Å². The predicted molar refractivity (Wildman–Crippen MR) is 77.1 cm³/mol. The van der Waals surface area contributed by atoms with Crippen LogP contribution in [0.2, 0.25) is 0 Å². The molecule has 0 atom stereocenters. The second-order valence-electron chi connectivity index (χ2n) is 8.17. The quantitative estimate of drug-likeness (QED) is 0.742. The van der Waals surface area contributed by atoms with Crippen molar-refractivity contribution in [3.63, 3.8) is 0 Å². The molecule has 0 radical (unpaired) electrons. The van der Waals surface area contributed by atoms with Crippen LogP contribution in [-0.4, -0.2) is 24.1 Å². The van der Waals surface area contributed by atoms with E-state index in [0.29, 0.717) is 25.7 Å². The molecule has 116 valence electrons. The average molecular weight is 284 g/mol. The van der Waals surface area contributed by atoms with Crippen LogP contribution in [0.3, 0.4) is 0 Å². The molecule has 0 amide bonds. The summed E-state index contributed by atoms with van der Waals surface area (Å²) in [5.41, 5.74) is -0.112. The molecule has 0 aromatic carbocycles. The number of rotatable bonds is 4. The lowest BCUT2D eigenvalue weighted by atomic mass is 9.90. The molecule has 20 heavy (non-hydrogen) atoms. The molecule has 0 N–H and O–H groups in total. The van der Waals surface area contributed by atoms with E-state index in [1.165, 1.54) is 0 Å². The number of carbonyl (C=O) groups excluding carboxylic acids is 2. The van der Waals surface area contributed by atoms with Crippen LogP contribution in [0.4, 0.5) is 0 Å². The highest BCUT2D eigenvalue weighted by molar-refractivity contribution is 5.71. The summed E-state index contributed by atoms with van der Waals surface area (Å²) in [4.78, 5) is 23.3. The van der Waals surface area contributed by atoms with Crippen molar-refractivity contribution < 1.29 is 19.1 Å². The normalized spacial score (nSPS) is 22.9. The summed E-state index contributed by atoms with van der Waals surface area (Å²) in [6.45, 7) is 12.0. The van der Waals surface area contributed by atoms with Crippen molar-refractivity contribution in [1.82, 2.24) is 0 Å². The van der Waals surface area contributed by atoms with E-state index in [4.69, 9.17) is 9.47 Å². The Morgan fingerprint density at radius 1 is 0.800 bits per heavy atom. The molecule has 0 heterocycles. The van der Waals surface area contributed by atoms with E-state index in [1.807, 2.05) is 41.5 Å². The van der Waals surface area contributed by atoms with E-state index in [1.54, 1.807) is 0 Å². The van der Waals surface area contributed by atoms with Gasteiger partial charge in [0.05, 0.1) is 12.8 Å². The Morgan fingerprint density at radius 2 is 1.10 bits per heavy atom. The largest absolute Gasteiger partial charge is 0.462 e. The first-order chi connectivity index (χ1) is 8.94. The van der Waals surface area contributed by atoms with Gasteiger partial charge < -0.3 is 9.47 Å². The molecule has 1 aliphatic carbocycles. The summed E-state index contributed by atoms with van der Waals surface area (Å²) < 4.78 is 10.7. The fraction of sp³-hybridized carbons (Fsp3) is 0.875. The van der Waals surface area contributed by atoms with Gasteiger partial charge in [0.2, 0.25) is 0 Å². The van der Waals surface area contributed by atoms with E-state index in [2.05, 4.69) is 0 Å². The van der Waals surface area contributed by atoms with Gasteiger partial charge in [-0.1, -0.05) is 41.5 Å². The second-order valence-corrected chi connectivity index (χ2v) is 8.17. The Bertz CT molecular complexity index is 320. The van der Waals surface area contributed by atoms with Crippen LogP contribution < -0.4 is 0 Å². The lowest BCUT2D eigenvalue weighted by Gasteiger charge is -2.35. The molecule has 1 aliphatic rings. The average Bonchev–Trinajstić information content (AvgIpc) is 2.07. The fourth-order valence-corrected chi connectivity index (χ4v) is 2.03. The molecule has 1 fully saturated rings. The van der Waals surface area contributed by atoms with Crippen molar-refractivity contribution in [2.45, 2.75) is 79.4 Å². The standard InChI is InChI=1S/C16H28O4/c1-15(2,3)9-13(17)19-11-7-12(8-11)20-14(18)10-16(4,5)6/h11-12H,7-10H2,1-6H3. The second kappa shape index (κ2) is 6.15. The lowest BCUT2D eigenvalue weighted by molar-refractivity contribution is -0.172. The van der Waals surface area contributed by atoms with Crippen molar-refractivity contribution in [2.75, 3.05) is 0 Å². The number of hydrogen-bond acceptors (Lipinski definition) is 4. The molecule has 1 saturated carbocycles. The van der Waals surface area contributed by atoms with Gasteiger partial charge in [0.15, 0.2) is 0 Å². The van der Waals surface area contributed by atoms with Crippen molar-refractivity contribution in [1.29, 1.82) is 0 Å². The van der Waals surface area contributed by atoms with Crippen LogP contribution in [-0.2, 0) is 19.1 Å². The number of hydrogen-bond donors (Lipinski definition) is 0. The third-order valence-corrected chi connectivity index (χ3v) is 3.00. The zero-order chi connectivity index (χ0) is 15.6. The van der Waals surface area contributed by atoms with Gasteiger partial charge in [-0.3, -0.25) is 9.59 Å². The first-order valence-electron chi connectivity index (χ1n) is 7.34. The molecule has 1 rings (SSSR count). The topological polar surface area (TPSA) is 52.6 Å². The van der Waals surface area contributed by atoms with E-state index in [9.17, 15) is 9.59 Å². The van der Waals surface area contributed by atoms with Gasteiger partial charge in [-0.25, -0.2) is 0 Å². The zero-order valence-corrected chi connectivity index (χ0v) is 13.6. The van der Waals surface area contributed by atoms with Gasteiger partial charge in [0, 0.05) is 12.8 Å². The Balaban J connectivity index is 2.20. The van der Waals surface area contributed by atoms with Gasteiger partial charge in [-0.15, -0.1) is 0 Å². The Hall–Kier alpha value is -1.06. The maximum absolute atomic E-state index is 11.6. The summed E-state index contributed by atoms with van der Waals surface area (Å²) in [6, 6.07) is 0. The van der Waals surface area contributed by atoms with Gasteiger partial charge in [-0.2, -0.15) is 0 Å². The number of esters is 2. The van der Waals surface area contributed by atoms with Crippen LogP contribution >= 0.6 is 0 Å². The minimum atomic E-state index is -0.165. The summed E-state index contributed by atoms with van der Waals surface area (Å²) in [7, 11) is 0. The van der Waals surface area contributed by atoms with Crippen molar-refractivity contribution in [3.05, 3.63) is 0 Å². The van der Waals surface area contributed by atoms with E-state index in [0.717, 1.165) is 0 Å². The molecular formula is C16H28O4. The molecule has 4 nitrogen and oxygen atoms in total. The minimum Gasteiger partial charge on any atom is -0.462 e. The van der Waals surface area contributed by atoms with Crippen LogP contribution in [0.1, 0.15) is 67.2 Å². The Labute approximate surface area is 122 Å². The smallest absolute Gasteiger partial charge is 0.306 e. The van der Waals surface area contributed by atoms with Crippen molar-refractivity contribution in [3.8, 4) is 0 Å². The molecule has 0 saturated heterocycles. The van der Waals surface area contributed by atoms with E-state index in [-0.39, 0.29) is 35.0 Å². The monoisotopic (exact) mass is 284 g/mol. The molecule has 0 aromatic rings. The van der Waals surface area contributed by atoms with Crippen molar-refractivity contribution >= 4 is 11.9 Å². The highest BCUT2D eigenvalue weighted by atomic mass is 16.6. The maximum atomic E-state index is 11.6. The Kier molecular flexibility index (Phi) is 5.22. The molecule has 0 aromatic heterocycles. The van der Waals surface area contributed by atoms with E-state index < -0.39 is 0 Å². The van der Waals surface area contributed by atoms with Crippen molar-refractivity contribution in [2.24, 2.45) is 10.8 Å². The van der Waals surface area contributed by atoms with Gasteiger partial charge in [0.25, 0.3) is 0 Å². The van der Waals surface area contributed by atoms with Crippen LogP contribution in [0.25, 0.3) is 0 Å². The Morgan fingerprint density at radius 3 is 1.35 bits per heavy atom. The number of ether oxygens (including phenoxy) is 2. The third-order valence-electron chi connectivity index (χ3n) is 3.00. The van der Waals surface area contributed by atoms with Crippen LogP contribution in [0, 0.1) is 10.8 Å². The highest BCUT2D eigenvalue weighted by Crippen LogP contribution is 2.30. The first-order valence-corrected chi connectivity index (χ1v) is 7.34. The zero-order valence-electron chi connectivity index (χ0n) is 13.6. The molecule has 0 spiro atoms. The maximum Gasteiger partial charge on any atom is 0.306 e. The highest BCUT2D eigenvalue weighted by Gasteiger charge is 2.36.